The Hall–Kier alpha value is -1.32. The maximum atomic E-state index is 2.91. The van der Waals surface area contributed by atoms with Crippen LogP contribution in [0.1, 0.15) is 20.8 Å². The third-order valence-corrected chi connectivity index (χ3v) is 0.673. The Bertz CT molecular complexity index is 250. The summed E-state index contributed by atoms with van der Waals surface area (Å²) in [4.78, 5) is 0. The Morgan fingerprint density at radius 3 is 2.00 bits per heavy atom. The van der Waals surface area contributed by atoms with E-state index in [0.717, 1.165) is 0 Å². The molecule has 0 radical (unpaired) electrons. The van der Waals surface area contributed by atoms with Gasteiger partial charge in [-0.25, -0.2) is 0 Å². The molecular weight excluding hydrogens is 120 g/mol. The third-order valence-electron chi connectivity index (χ3n) is 0.673. The van der Waals surface area contributed by atoms with Crippen LogP contribution in [0.2, 0.25) is 0 Å². The van der Waals surface area contributed by atoms with Crippen molar-refractivity contribution < 1.29 is 0 Å². The highest BCUT2D eigenvalue weighted by molar-refractivity contribution is 5.35. The largest absolute Gasteiger partial charge is 0.0925 e. The Kier molecular flexibility index (Phi) is 5.04. The van der Waals surface area contributed by atoms with Crippen molar-refractivity contribution in [1.82, 2.24) is 0 Å². The van der Waals surface area contributed by atoms with Gasteiger partial charge in [-0.1, -0.05) is 25.7 Å². The molecule has 0 N–H and O–H groups in total. The van der Waals surface area contributed by atoms with Gasteiger partial charge in [0.25, 0.3) is 0 Å². The lowest BCUT2D eigenvalue weighted by Gasteiger charge is -1.81. The van der Waals surface area contributed by atoms with Gasteiger partial charge in [-0.3, -0.25) is 0 Å². The summed E-state index contributed by atoms with van der Waals surface area (Å²) in [6.07, 6.45) is 0. The molecule has 0 heterocycles. The second-order valence-electron chi connectivity index (χ2n) is 2.05. The highest BCUT2D eigenvalue weighted by Gasteiger charge is 1.77. The van der Waals surface area contributed by atoms with E-state index in [-0.39, 0.29) is 0 Å². The molecule has 10 heavy (non-hydrogen) atoms. The van der Waals surface area contributed by atoms with Gasteiger partial charge in [-0.15, -0.1) is 0 Å². The predicted molar refractivity (Wildman–Crippen MR) is 43.8 cm³/mol. The summed E-state index contributed by atoms with van der Waals surface area (Å²) in [5, 5.41) is 0. The van der Waals surface area contributed by atoms with Gasteiger partial charge in [0.05, 0.1) is 0 Å². The molecule has 0 bridgehead atoms. The summed E-state index contributed by atoms with van der Waals surface area (Å²) in [6, 6.07) is 0. The van der Waals surface area contributed by atoms with Crippen LogP contribution in [0.4, 0.5) is 0 Å². The van der Waals surface area contributed by atoms with Crippen LogP contribution in [0.5, 0.6) is 0 Å². The van der Waals surface area contributed by atoms with E-state index in [4.69, 9.17) is 0 Å². The molecule has 0 nitrogen and oxygen atoms in total. The fourth-order valence-corrected chi connectivity index (χ4v) is 0.305. The second kappa shape index (κ2) is 5.81. The molecule has 0 aromatic rings. The van der Waals surface area contributed by atoms with Crippen molar-refractivity contribution in [3.05, 3.63) is 0 Å². The minimum atomic E-state index is 0.392. The molecule has 0 aliphatic carbocycles. The van der Waals surface area contributed by atoms with Gasteiger partial charge >= 0.3 is 0 Å². The fourth-order valence-electron chi connectivity index (χ4n) is 0.305. The normalized spacial score (nSPS) is 6.00. The monoisotopic (exact) mass is 130 g/mol. The van der Waals surface area contributed by atoms with Crippen LogP contribution in [0.15, 0.2) is 0 Å². The number of rotatable bonds is 0. The molecular formula is C10H10. The molecule has 0 saturated heterocycles. The van der Waals surface area contributed by atoms with Crippen molar-refractivity contribution in [2.75, 3.05) is 0 Å². The Balaban J connectivity index is 3.86. The standard InChI is InChI=1S/C10H10/c1-4-5-6-7-8-9-10(2)3/h10H,1-3H3. The quantitative estimate of drug-likeness (QED) is 0.437. The second-order valence-corrected chi connectivity index (χ2v) is 2.05. The molecule has 0 fully saturated rings. The van der Waals surface area contributed by atoms with Gasteiger partial charge in [0.2, 0.25) is 0 Å². The molecule has 0 aromatic carbocycles. The summed E-state index contributed by atoms with van der Waals surface area (Å²) in [6.45, 7) is 5.81. The molecule has 0 atom stereocenters. The lowest BCUT2D eigenvalue weighted by molar-refractivity contribution is 0.867. The van der Waals surface area contributed by atoms with Crippen LogP contribution >= 0.6 is 0 Å². The average molecular weight is 130 g/mol. The smallest absolute Gasteiger partial charge is 0.0156 e. The van der Waals surface area contributed by atoms with Crippen molar-refractivity contribution in [2.24, 2.45) is 5.92 Å². The minimum Gasteiger partial charge on any atom is -0.0925 e. The zero-order valence-electron chi connectivity index (χ0n) is 6.58. The SMILES string of the molecule is CC#CC#CC#CC(C)C. The van der Waals surface area contributed by atoms with E-state index in [1.54, 1.807) is 6.92 Å². The maximum absolute atomic E-state index is 2.91. The maximum Gasteiger partial charge on any atom is 0.0156 e. The summed E-state index contributed by atoms with van der Waals surface area (Å²) in [7, 11) is 0. The van der Waals surface area contributed by atoms with Gasteiger partial charge in [0.15, 0.2) is 0 Å². The minimum absolute atomic E-state index is 0.392. The van der Waals surface area contributed by atoms with E-state index in [1.165, 1.54) is 0 Å². The first-order chi connectivity index (χ1) is 4.77. The van der Waals surface area contributed by atoms with Gasteiger partial charge in [-0.2, -0.15) is 0 Å². The van der Waals surface area contributed by atoms with Gasteiger partial charge in [-0.05, 0) is 30.6 Å². The Morgan fingerprint density at radius 2 is 1.50 bits per heavy atom. The van der Waals surface area contributed by atoms with Crippen LogP contribution in [0.25, 0.3) is 0 Å². The molecule has 0 amide bonds. The molecule has 0 saturated carbocycles. The first-order valence-corrected chi connectivity index (χ1v) is 3.19. The molecule has 0 heteroatoms. The lowest BCUT2D eigenvalue weighted by atomic mass is 10.2. The van der Waals surface area contributed by atoms with Crippen LogP contribution in [0.3, 0.4) is 0 Å². The number of hydrogen-bond donors (Lipinski definition) is 0. The molecule has 0 aliphatic rings. The number of hydrogen-bond acceptors (Lipinski definition) is 0. The zero-order valence-corrected chi connectivity index (χ0v) is 6.58. The van der Waals surface area contributed by atoms with Crippen LogP contribution < -0.4 is 0 Å². The molecule has 0 unspecified atom stereocenters. The predicted octanol–water partition coefficient (Wildman–Crippen LogP) is 1.67. The molecule has 0 aliphatic heterocycles. The van der Waals surface area contributed by atoms with E-state index in [9.17, 15) is 0 Å². The van der Waals surface area contributed by atoms with Gasteiger partial charge in [0, 0.05) is 5.92 Å². The van der Waals surface area contributed by atoms with E-state index >= 15 is 0 Å². The highest BCUT2D eigenvalue weighted by atomic mass is 13.8. The van der Waals surface area contributed by atoms with E-state index < -0.39 is 0 Å². The first-order valence-electron chi connectivity index (χ1n) is 3.19. The summed E-state index contributed by atoms with van der Waals surface area (Å²) in [5.41, 5.74) is 0. The Morgan fingerprint density at radius 1 is 0.900 bits per heavy atom. The van der Waals surface area contributed by atoms with Gasteiger partial charge < -0.3 is 0 Å². The average Bonchev–Trinajstić information content (AvgIpc) is 1.87. The summed E-state index contributed by atoms with van der Waals surface area (Å²) in [5.74, 6) is 16.5. The fraction of sp³-hybridized carbons (Fsp3) is 0.400. The molecule has 0 aromatic heterocycles. The van der Waals surface area contributed by atoms with Crippen molar-refractivity contribution in [2.45, 2.75) is 20.8 Å². The molecule has 0 spiro atoms. The summed E-state index contributed by atoms with van der Waals surface area (Å²) < 4.78 is 0. The van der Waals surface area contributed by atoms with Crippen LogP contribution in [0, 0.1) is 41.4 Å². The van der Waals surface area contributed by atoms with Crippen LogP contribution in [-0.4, -0.2) is 0 Å². The van der Waals surface area contributed by atoms with E-state index in [1.807, 2.05) is 13.8 Å². The van der Waals surface area contributed by atoms with Crippen LogP contribution in [-0.2, 0) is 0 Å². The Labute approximate surface area is 63.0 Å². The van der Waals surface area contributed by atoms with Gasteiger partial charge in [0.1, 0.15) is 0 Å². The first kappa shape index (κ1) is 8.68. The topological polar surface area (TPSA) is 0 Å². The van der Waals surface area contributed by atoms with E-state index in [0.29, 0.717) is 5.92 Å². The highest BCUT2D eigenvalue weighted by Crippen LogP contribution is 1.83. The van der Waals surface area contributed by atoms with Crippen molar-refractivity contribution >= 4 is 0 Å². The van der Waals surface area contributed by atoms with E-state index in [2.05, 4.69) is 35.5 Å². The van der Waals surface area contributed by atoms with Crippen molar-refractivity contribution in [1.29, 1.82) is 0 Å². The molecule has 0 rings (SSSR count). The third kappa shape index (κ3) is 6.68. The van der Waals surface area contributed by atoms with Crippen molar-refractivity contribution in [3.63, 3.8) is 0 Å². The zero-order chi connectivity index (χ0) is 7.82. The van der Waals surface area contributed by atoms with Crippen molar-refractivity contribution in [3.8, 4) is 35.5 Å². The lowest BCUT2D eigenvalue weighted by Crippen LogP contribution is -1.75. The molecule has 50 valence electrons. The summed E-state index contributed by atoms with van der Waals surface area (Å²) >= 11 is 0.